The molecule has 1 heterocycles. The first-order valence-electron chi connectivity index (χ1n) is 8.82. The number of carbonyl (C=O) groups excluding carboxylic acids is 3. The summed E-state index contributed by atoms with van der Waals surface area (Å²) in [4.78, 5) is 39.7. The number of nitrogens with zero attached hydrogens (tertiary/aromatic N) is 2. The maximum Gasteiger partial charge on any atom is 0.329 e. The molecule has 4 amide bonds. The van der Waals surface area contributed by atoms with Gasteiger partial charge in [0.2, 0.25) is 5.91 Å². The van der Waals surface area contributed by atoms with Crippen LogP contribution in [-0.4, -0.2) is 43.4 Å². The van der Waals surface area contributed by atoms with Crippen LogP contribution in [0.25, 0.3) is 6.08 Å². The van der Waals surface area contributed by atoms with Crippen LogP contribution in [-0.2, 0) is 9.59 Å². The van der Waals surface area contributed by atoms with Gasteiger partial charge in [-0.2, -0.15) is 0 Å². The van der Waals surface area contributed by atoms with Gasteiger partial charge >= 0.3 is 6.03 Å². The Hall–Kier alpha value is -3.61. The molecule has 1 saturated heterocycles. The van der Waals surface area contributed by atoms with Crippen molar-refractivity contribution >= 4 is 35.3 Å². The third kappa shape index (κ3) is 4.37. The van der Waals surface area contributed by atoms with Crippen molar-refractivity contribution in [2.24, 2.45) is 0 Å². The Morgan fingerprint density at radius 3 is 2.32 bits per heavy atom. The lowest BCUT2D eigenvalue weighted by Gasteiger charge is -2.12. The Balaban J connectivity index is 1.67. The topological polar surface area (TPSA) is 81.8 Å². The largest absolute Gasteiger partial charge is 0.378 e. The Morgan fingerprint density at radius 1 is 1.07 bits per heavy atom. The van der Waals surface area contributed by atoms with Crippen LogP contribution >= 0.6 is 0 Å². The number of imide groups is 1. The van der Waals surface area contributed by atoms with Crippen LogP contribution in [0.2, 0.25) is 0 Å². The molecule has 2 N–H and O–H groups in total. The molecule has 0 atom stereocenters. The number of aryl methyl sites for hydroxylation is 1. The monoisotopic (exact) mass is 378 g/mol. The summed E-state index contributed by atoms with van der Waals surface area (Å²) in [5.74, 6) is -0.968. The van der Waals surface area contributed by atoms with E-state index in [0.29, 0.717) is 5.69 Å². The molecule has 144 valence electrons. The molecule has 1 aliphatic rings. The van der Waals surface area contributed by atoms with Gasteiger partial charge in [-0.3, -0.25) is 9.59 Å². The molecular weight excluding hydrogens is 356 g/mol. The third-order valence-electron chi connectivity index (χ3n) is 4.32. The summed E-state index contributed by atoms with van der Waals surface area (Å²) in [7, 11) is 3.88. The fourth-order valence-electron chi connectivity index (χ4n) is 2.73. The zero-order valence-electron chi connectivity index (χ0n) is 16.0. The van der Waals surface area contributed by atoms with Gasteiger partial charge in [0.15, 0.2) is 0 Å². The quantitative estimate of drug-likeness (QED) is 0.619. The minimum absolute atomic E-state index is 0.144. The zero-order chi connectivity index (χ0) is 20.3. The van der Waals surface area contributed by atoms with Crippen molar-refractivity contribution in [2.75, 3.05) is 30.9 Å². The predicted octanol–water partition coefficient (Wildman–Crippen LogP) is 2.59. The van der Waals surface area contributed by atoms with Crippen molar-refractivity contribution in [3.05, 3.63) is 65.4 Å². The minimum atomic E-state index is -0.611. The van der Waals surface area contributed by atoms with Gasteiger partial charge in [-0.15, -0.1) is 0 Å². The van der Waals surface area contributed by atoms with Crippen LogP contribution in [0, 0.1) is 6.92 Å². The van der Waals surface area contributed by atoms with E-state index in [1.807, 2.05) is 62.3 Å². The van der Waals surface area contributed by atoms with Crippen molar-refractivity contribution in [1.29, 1.82) is 0 Å². The molecule has 7 heteroatoms. The number of rotatable bonds is 5. The van der Waals surface area contributed by atoms with E-state index < -0.39 is 17.8 Å². The maximum absolute atomic E-state index is 12.5. The maximum atomic E-state index is 12.5. The highest BCUT2D eigenvalue weighted by molar-refractivity contribution is 6.15. The summed E-state index contributed by atoms with van der Waals surface area (Å²) in [6.45, 7) is 1.59. The Labute approximate surface area is 163 Å². The molecule has 1 fully saturated rings. The number of nitrogens with one attached hydrogen (secondary N) is 2. The lowest BCUT2D eigenvalue weighted by atomic mass is 10.1. The molecule has 0 aromatic heterocycles. The van der Waals surface area contributed by atoms with Gasteiger partial charge < -0.3 is 15.5 Å². The van der Waals surface area contributed by atoms with Crippen LogP contribution in [0.1, 0.15) is 11.1 Å². The van der Waals surface area contributed by atoms with Gasteiger partial charge in [0, 0.05) is 25.5 Å². The Bertz CT molecular complexity index is 931. The highest BCUT2D eigenvalue weighted by atomic mass is 16.2. The van der Waals surface area contributed by atoms with E-state index in [0.717, 1.165) is 21.7 Å². The fraction of sp³-hybridized carbons (Fsp3) is 0.190. The minimum Gasteiger partial charge on any atom is -0.378 e. The molecule has 0 saturated carbocycles. The van der Waals surface area contributed by atoms with Crippen molar-refractivity contribution in [3.63, 3.8) is 0 Å². The molecule has 0 aliphatic carbocycles. The molecule has 1 aliphatic heterocycles. The molecule has 28 heavy (non-hydrogen) atoms. The molecule has 2 aromatic carbocycles. The standard InChI is InChI=1S/C21H22N4O3/c1-14-4-8-16(9-5-14)22-19(26)13-25-20(27)18(23-21(25)28)12-15-6-10-17(11-7-15)24(2)3/h4-12H,13H2,1-3H3,(H,22,26)(H,23,28)/b18-12+. The lowest BCUT2D eigenvalue weighted by Crippen LogP contribution is -2.38. The average molecular weight is 378 g/mol. The van der Waals surface area contributed by atoms with Gasteiger partial charge in [-0.1, -0.05) is 29.8 Å². The molecule has 3 rings (SSSR count). The van der Waals surface area contributed by atoms with E-state index in [1.54, 1.807) is 18.2 Å². The van der Waals surface area contributed by atoms with E-state index in [9.17, 15) is 14.4 Å². The molecule has 0 bridgehead atoms. The van der Waals surface area contributed by atoms with Crippen molar-refractivity contribution in [3.8, 4) is 0 Å². The van der Waals surface area contributed by atoms with Crippen LogP contribution in [0.3, 0.4) is 0 Å². The summed E-state index contributed by atoms with van der Waals surface area (Å²) in [6, 6.07) is 14.2. The van der Waals surface area contributed by atoms with Gasteiger partial charge in [0.05, 0.1) is 0 Å². The summed E-state index contributed by atoms with van der Waals surface area (Å²) in [6.07, 6.45) is 1.59. The van der Waals surface area contributed by atoms with E-state index >= 15 is 0 Å². The van der Waals surface area contributed by atoms with Crippen LogP contribution in [0.4, 0.5) is 16.2 Å². The third-order valence-corrected chi connectivity index (χ3v) is 4.32. The first-order valence-corrected chi connectivity index (χ1v) is 8.82. The van der Waals surface area contributed by atoms with E-state index in [1.165, 1.54) is 0 Å². The number of urea groups is 1. The van der Waals surface area contributed by atoms with Crippen molar-refractivity contribution < 1.29 is 14.4 Å². The smallest absolute Gasteiger partial charge is 0.329 e. The predicted molar refractivity (Wildman–Crippen MR) is 109 cm³/mol. The molecule has 0 radical (unpaired) electrons. The number of amides is 4. The molecule has 2 aromatic rings. The molecule has 0 spiro atoms. The lowest BCUT2D eigenvalue weighted by molar-refractivity contribution is -0.127. The zero-order valence-corrected chi connectivity index (χ0v) is 16.0. The van der Waals surface area contributed by atoms with E-state index in [4.69, 9.17) is 0 Å². The second-order valence-corrected chi connectivity index (χ2v) is 6.78. The van der Waals surface area contributed by atoms with Gasteiger partial charge in [0.25, 0.3) is 5.91 Å². The summed E-state index contributed by atoms with van der Waals surface area (Å²) in [5, 5.41) is 5.21. The molecule has 7 nitrogen and oxygen atoms in total. The van der Waals surface area contributed by atoms with Gasteiger partial charge in [-0.25, -0.2) is 9.69 Å². The summed E-state index contributed by atoms with van der Waals surface area (Å²) in [5.41, 5.74) is 3.63. The highest BCUT2D eigenvalue weighted by Gasteiger charge is 2.34. The number of benzene rings is 2. The second kappa shape index (κ2) is 7.96. The van der Waals surface area contributed by atoms with Crippen LogP contribution in [0.15, 0.2) is 54.2 Å². The van der Waals surface area contributed by atoms with Crippen LogP contribution in [0.5, 0.6) is 0 Å². The second-order valence-electron chi connectivity index (χ2n) is 6.78. The first-order chi connectivity index (χ1) is 13.3. The number of hydrogen-bond acceptors (Lipinski definition) is 4. The van der Waals surface area contributed by atoms with Crippen molar-refractivity contribution in [1.82, 2.24) is 10.2 Å². The van der Waals surface area contributed by atoms with Gasteiger partial charge in [0.1, 0.15) is 12.2 Å². The number of anilines is 2. The van der Waals surface area contributed by atoms with E-state index in [2.05, 4.69) is 10.6 Å². The van der Waals surface area contributed by atoms with E-state index in [-0.39, 0.29) is 12.2 Å². The first kappa shape index (κ1) is 19.2. The molecule has 0 unspecified atom stereocenters. The van der Waals surface area contributed by atoms with Crippen molar-refractivity contribution in [2.45, 2.75) is 6.92 Å². The summed E-state index contributed by atoms with van der Waals surface area (Å²) >= 11 is 0. The SMILES string of the molecule is Cc1ccc(NC(=O)CN2C(=O)N/C(=C/c3ccc(N(C)C)cc3)C2=O)cc1. The number of hydrogen-bond donors (Lipinski definition) is 2. The normalized spacial score (nSPS) is 15.0. The summed E-state index contributed by atoms with van der Waals surface area (Å²) < 4.78 is 0. The highest BCUT2D eigenvalue weighted by Crippen LogP contribution is 2.17. The number of carbonyl (C=O) groups is 3. The van der Waals surface area contributed by atoms with Gasteiger partial charge in [-0.05, 0) is 42.8 Å². The Morgan fingerprint density at radius 2 is 1.71 bits per heavy atom. The average Bonchev–Trinajstić information content (AvgIpc) is 2.91. The van der Waals surface area contributed by atoms with Crippen LogP contribution < -0.4 is 15.5 Å². The Kier molecular flexibility index (Phi) is 5.44. The molecular formula is C21H22N4O3. The fourth-order valence-corrected chi connectivity index (χ4v) is 2.73.